The molecule has 29 heavy (non-hydrogen) atoms. The Bertz CT molecular complexity index is 924. The fourth-order valence-corrected chi connectivity index (χ4v) is 4.49. The Kier molecular flexibility index (Phi) is 6.27. The second-order valence-electron chi connectivity index (χ2n) is 7.28. The lowest BCUT2D eigenvalue weighted by molar-refractivity contribution is 0.0462. The second-order valence-corrected chi connectivity index (χ2v) is 8.37. The smallest absolute Gasteiger partial charge is 0.253 e. The third-order valence-corrected chi connectivity index (χ3v) is 6.33. The minimum Gasteiger partial charge on any atom is -0.388 e. The quantitative estimate of drug-likeness (QED) is 0.662. The molecule has 0 bridgehead atoms. The summed E-state index contributed by atoms with van der Waals surface area (Å²) in [6.45, 7) is 1.36. The third kappa shape index (κ3) is 4.86. The molecule has 2 aromatic carbocycles. The summed E-state index contributed by atoms with van der Waals surface area (Å²) in [6.07, 6.45) is 2.94. The number of carbonyl (C=O) groups excluding carboxylic acids is 1. The largest absolute Gasteiger partial charge is 0.388 e. The normalized spacial score (nSPS) is 15.8. The lowest BCUT2D eigenvalue weighted by Gasteiger charge is -2.34. The maximum absolute atomic E-state index is 12.9. The van der Waals surface area contributed by atoms with E-state index in [1.165, 1.54) is 0 Å². The van der Waals surface area contributed by atoms with E-state index >= 15 is 0 Å². The van der Waals surface area contributed by atoms with Gasteiger partial charge in [0.15, 0.2) is 0 Å². The predicted molar refractivity (Wildman–Crippen MR) is 115 cm³/mol. The van der Waals surface area contributed by atoms with E-state index in [9.17, 15) is 9.90 Å². The number of piperidine rings is 1. The summed E-state index contributed by atoms with van der Waals surface area (Å²) >= 11 is 1.58. The zero-order chi connectivity index (χ0) is 20.1. The van der Waals surface area contributed by atoms with E-state index < -0.39 is 6.10 Å². The molecule has 1 aromatic heterocycles. The highest BCUT2D eigenvalue weighted by molar-refractivity contribution is 7.99. The van der Waals surface area contributed by atoms with Crippen molar-refractivity contribution < 1.29 is 9.90 Å². The van der Waals surface area contributed by atoms with Crippen molar-refractivity contribution in [2.24, 2.45) is 5.92 Å². The molecule has 1 fully saturated rings. The number of aliphatic hydroxyl groups is 1. The highest BCUT2D eigenvalue weighted by Crippen LogP contribution is 2.31. The Labute approximate surface area is 175 Å². The molecular formula is C24H24N2O2S. The molecule has 148 valence electrons. The van der Waals surface area contributed by atoms with Crippen LogP contribution in [0.15, 0.2) is 88.9 Å². The molecule has 1 atom stereocenters. The van der Waals surface area contributed by atoms with Crippen LogP contribution in [0.5, 0.6) is 0 Å². The number of pyridine rings is 1. The van der Waals surface area contributed by atoms with Gasteiger partial charge in [-0.05, 0) is 60.7 Å². The van der Waals surface area contributed by atoms with Gasteiger partial charge < -0.3 is 10.0 Å². The highest BCUT2D eigenvalue weighted by Gasteiger charge is 2.28. The van der Waals surface area contributed by atoms with E-state index in [0.717, 1.165) is 28.3 Å². The Morgan fingerprint density at radius 2 is 1.66 bits per heavy atom. The Hall–Kier alpha value is -2.63. The molecule has 0 radical (unpaired) electrons. The van der Waals surface area contributed by atoms with E-state index in [0.29, 0.717) is 18.7 Å². The molecule has 1 unspecified atom stereocenters. The average molecular weight is 405 g/mol. The van der Waals surface area contributed by atoms with E-state index in [-0.39, 0.29) is 11.8 Å². The number of nitrogens with zero attached hydrogens (tertiary/aromatic N) is 2. The zero-order valence-corrected chi connectivity index (χ0v) is 17.0. The van der Waals surface area contributed by atoms with Crippen molar-refractivity contribution in [1.82, 2.24) is 9.88 Å². The third-order valence-electron chi connectivity index (χ3n) is 5.38. The molecule has 4 rings (SSSR count). The SMILES string of the molecule is O=C(c1ccc(Sc2ccccn2)cc1)N1CCC(C(O)c2ccccc2)CC1. The van der Waals surface area contributed by atoms with Crippen LogP contribution in [0.3, 0.4) is 0 Å². The second kappa shape index (κ2) is 9.25. The number of hydrogen-bond acceptors (Lipinski definition) is 4. The maximum Gasteiger partial charge on any atom is 0.253 e. The number of amides is 1. The number of aromatic nitrogens is 1. The molecule has 5 heteroatoms. The van der Waals surface area contributed by atoms with Crippen LogP contribution in [-0.2, 0) is 0 Å². The number of likely N-dealkylation sites (tertiary alicyclic amines) is 1. The van der Waals surface area contributed by atoms with Gasteiger partial charge >= 0.3 is 0 Å². The zero-order valence-electron chi connectivity index (χ0n) is 16.1. The molecule has 3 aromatic rings. The summed E-state index contributed by atoms with van der Waals surface area (Å²) in [5, 5.41) is 11.6. The van der Waals surface area contributed by atoms with Gasteiger partial charge in [0.05, 0.1) is 6.10 Å². The number of carbonyl (C=O) groups is 1. The van der Waals surface area contributed by atoms with E-state index in [2.05, 4.69) is 4.98 Å². The van der Waals surface area contributed by atoms with Gasteiger partial charge in [0.1, 0.15) is 5.03 Å². The van der Waals surface area contributed by atoms with Crippen LogP contribution >= 0.6 is 11.8 Å². The lowest BCUT2D eigenvalue weighted by atomic mass is 9.87. The molecule has 1 aliphatic rings. The van der Waals surface area contributed by atoms with E-state index in [1.807, 2.05) is 77.7 Å². The van der Waals surface area contributed by atoms with Crippen LogP contribution < -0.4 is 0 Å². The van der Waals surface area contributed by atoms with Gasteiger partial charge in [-0.3, -0.25) is 4.79 Å². The summed E-state index contributed by atoms with van der Waals surface area (Å²) < 4.78 is 0. The molecular weight excluding hydrogens is 380 g/mol. The number of aliphatic hydroxyl groups excluding tert-OH is 1. The first kappa shape index (κ1) is 19.7. The van der Waals surface area contributed by atoms with Crippen molar-refractivity contribution in [2.45, 2.75) is 28.9 Å². The van der Waals surface area contributed by atoms with Crippen molar-refractivity contribution in [3.8, 4) is 0 Å². The summed E-state index contributed by atoms with van der Waals surface area (Å²) in [5.41, 5.74) is 1.66. The van der Waals surface area contributed by atoms with Crippen molar-refractivity contribution in [3.63, 3.8) is 0 Å². The van der Waals surface area contributed by atoms with Gasteiger partial charge in [-0.25, -0.2) is 4.98 Å². The fourth-order valence-electron chi connectivity index (χ4n) is 3.72. The maximum atomic E-state index is 12.9. The summed E-state index contributed by atoms with van der Waals surface area (Å²) in [4.78, 5) is 20.1. The monoisotopic (exact) mass is 404 g/mol. The first-order valence-corrected chi connectivity index (χ1v) is 10.7. The van der Waals surface area contributed by atoms with Crippen molar-refractivity contribution in [1.29, 1.82) is 0 Å². The lowest BCUT2D eigenvalue weighted by Crippen LogP contribution is -2.39. The highest BCUT2D eigenvalue weighted by atomic mass is 32.2. The Balaban J connectivity index is 1.33. The Morgan fingerprint density at radius 1 is 0.966 bits per heavy atom. The van der Waals surface area contributed by atoms with Crippen molar-refractivity contribution in [2.75, 3.05) is 13.1 Å². The molecule has 1 amide bonds. The van der Waals surface area contributed by atoms with Crippen LogP contribution in [0.2, 0.25) is 0 Å². The van der Waals surface area contributed by atoms with Gasteiger partial charge in [-0.2, -0.15) is 0 Å². The summed E-state index contributed by atoms with van der Waals surface area (Å²) in [6, 6.07) is 23.3. The molecule has 0 spiro atoms. The number of benzene rings is 2. The standard InChI is InChI=1S/C24H24N2O2S/c27-23(18-6-2-1-3-7-18)19-13-16-26(17-14-19)24(28)20-9-11-21(12-10-20)29-22-8-4-5-15-25-22/h1-12,15,19,23,27H,13-14,16-17H2. The molecule has 1 saturated heterocycles. The van der Waals surface area contributed by atoms with Gasteiger partial charge in [0.2, 0.25) is 0 Å². The molecule has 0 saturated carbocycles. The van der Waals surface area contributed by atoms with Crippen LogP contribution in [0.1, 0.15) is 34.9 Å². The molecule has 2 heterocycles. The van der Waals surface area contributed by atoms with Crippen molar-refractivity contribution in [3.05, 3.63) is 90.1 Å². The predicted octanol–water partition coefficient (Wildman–Crippen LogP) is 4.82. The summed E-state index contributed by atoms with van der Waals surface area (Å²) in [5.74, 6) is 0.255. The summed E-state index contributed by atoms with van der Waals surface area (Å²) in [7, 11) is 0. The van der Waals surface area contributed by atoms with Crippen LogP contribution in [-0.4, -0.2) is 34.0 Å². The fraction of sp³-hybridized carbons (Fsp3) is 0.250. The molecule has 0 aliphatic carbocycles. The first-order valence-electron chi connectivity index (χ1n) is 9.92. The van der Waals surface area contributed by atoms with E-state index in [1.54, 1.807) is 18.0 Å². The molecule has 1 N–H and O–H groups in total. The first-order chi connectivity index (χ1) is 14.2. The van der Waals surface area contributed by atoms with Crippen molar-refractivity contribution >= 4 is 17.7 Å². The van der Waals surface area contributed by atoms with Crippen LogP contribution in [0.25, 0.3) is 0 Å². The number of rotatable bonds is 5. The van der Waals surface area contributed by atoms with E-state index in [4.69, 9.17) is 0 Å². The van der Waals surface area contributed by atoms with Crippen LogP contribution in [0.4, 0.5) is 0 Å². The topological polar surface area (TPSA) is 53.4 Å². The van der Waals surface area contributed by atoms with Gasteiger partial charge in [0, 0.05) is 29.7 Å². The van der Waals surface area contributed by atoms with Gasteiger partial charge in [0.25, 0.3) is 5.91 Å². The van der Waals surface area contributed by atoms with Gasteiger partial charge in [-0.15, -0.1) is 0 Å². The van der Waals surface area contributed by atoms with Crippen LogP contribution in [0, 0.1) is 5.92 Å². The minimum atomic E-state index is -0.462. The molecule has 4 nitrogen and oxygen atoms in total. The number of hydrogen-bond donors (Lipinski definition) is 1. The average Bonchev–Trinajstić information content (AvgIpc) is 2.80. The molecule has 1 aliphatic heterocycles. The van der Waals surface area contributed by atoms with Gasteiger partial charge in [-0.1, -0.05) is 48.2 Å². The minimum absolute atomic E-state index is 0.0621. The Morgan fingerprint density at radius 3 is 2.31 bits per heavy atom.